The molecule has 1 N–H and O–H groups in total. The van der Waals surface area contributed by atoms with Gasteiger partial charge in [-0.25, -0.2) is 4.39 Å². The van der Waals surface area contributed by atoms with E-state index in [2.05, 4.69) is 26.3 Å². The van der Waals surface area contributed by atoms with Crippen molar-refractivity contribution >= 4 is 15.9 Å². The Bertz CT molecular complexity index is 620. The highest BCUT2D eigenvalue weighted by Crippen LogP contribution is 2.20. The van der Waals surface area contributed by atoms with Crippen molar-refractivity contribution in [1.29, 1.82) is 0 Å². The highest BCUT2D eigenvalue weighted by atomic mass is 79.9. The van der Waals surface area contributed by atoms with Gasteiger partial charge in [-0.1, -0.05) is 22.0 Å². The van der Waals surface area contributed by atoms with Crippen LogP contribution in [0.1, 0.15) is 29.7 Å². The van der Waals surface area contributed by atoms with Gasteiger partial charge < -0.3 is 5.32 Å². The van der Waals surface area contributed by atoms with Crippen LogP contribution in [0.5, 0.6) is 0 Å². The Kier molecular flexibility index (Phi) is 3.89. The lowest BCUT2D eigenvalue weighted by Gasteiger charge is -2.08. The molecule has 20 heavy (non-hydrogen) atoms. The maximum absolute atomic E-state index is 13.9. The van der Waals surface area contributed by atoms with Crippen molar-refractivity contribution in [3.05, 3.63) is 51.5 Å². The van der Waals surface area contributed by atoms with E-state index in [0.717, 1.165) is 16.7 Å². The van der Waals surface area contributed by atoms with Crippen LogP contribution in [0.2, 0.25) is 0 Å². The summed E-state index contributed by atoms with van der Waals surface area (Å²) >= 11 is 3.27. The van der Waals surface area contributed by atoms with Crippen LogP contribution in [0, 0.1) is 12.7 Å². The summed E-state index contributed by atoms with van der Waals surface area (Å²) in [6, 6.07) is 5.82. The molecule has 2 aromatic rings. The molecule has 0 saturated heterocycles. The minimum Gasteiger partial charge on any atom is -0.310 e. The molecule has 1 aromatic heterocycles. The van der Waals surface area contributed by atoms with Crippen molar-refractivity contribution in [2.24, 2.45) is 0 Å². The maximum atomic E-state index is 13.9. The second kappa shape index (κ2) is 5.66. The molecular formula is C15H17BrFN3. The summed E-state index contributed by atoms with van der Waals surface area (Å²) in [4.78, 5) is 0. The third-order valence-corrected chi connectivity index (χ3v) is 4.19. The molecule has 1 heterocycles. The molecule has 1 aliphatic rings. The highest BCUT2D eigenvalue weighted by Gasteiger charge is 2.20. The van der Waals surface area contributed by atoms with Gasteiger partial charge in [0.05, 0.1) is 12.7 Å². The number of rotatable bonds is 5. The lowest BCUT2D eigenvalue weighted by Crippen LogP contribution is -2.16. The summed E-state index contributed by atoms with van der Waals surface area (Å²) in [5.74, 6) is -0.202. The lowest BCUT2D eigenvalue weighted by molar-refractivity contribution is 0.578. The minimum absolute atomic E-state index is 0.202. The lowest BCUT2D eigenvalue weighted by atomic mass is 10.2. The smallest absolute Gasteiger partial charge is 0.129 e. The average molecular weight is 338 g/mol. The molecule has 5 heteroatoms. The predicted molar refractivity (Wildman–Crippen MR) is 80.0 cm³/mol. The number of nitrogens with one attached hydrogen (secondary N) is 1. The fourth-order valence-electron chi connectivity index (χ4n) is 2.17. The van der Waals surface area contributed by atoms with Crippen molar-refractivity contribution in [1.82, 2.24) is 15.1 Å². The van der Waals surface area contributed by atoms with E-state index < -0.39 is 0 Å². The number of nitrogens with zero attached hydrogens (tertiary/aromatic N) is 2. The second-order valence-corrected chi connectivity index (χ2v) is 6.22. The molecule has 3 nitrogen and oxygen atoms in total. The Morgan fingerprint density at radius 1 is 1.40 bits per heavy atom. The van der Waals surface area contributed by atoms with E-state index >= 15 is 0 Å². The van der Waals surface area contributed by atoms with Crippen molar-refractivity contribution in [3.8, 4) is 0 Å². The van der Waals surface area contributed by atoms with E-state index in [1.165, 1.54) is 24.5 Å². The third-order valence-electron chi connectivity index (χ3n) is 3.70. The molecule has 3 rings (SSSR count). The van der Waals surface area contributed by atoms with Gasteiger partial charge in [0.1, 0.15) is 5.82 Å². The van der Waals surface area contributed by atoms with E-state index in [1.54, 1.807) is 6.07 Å². The zero-order valence-electron chi connectivity index (χ0n) is 11.4. The monoisotopic (exact) mass is 337 g/mol. The Hall–Kier alpha value is -1.20. The topological polar surface area (TPSA) is 29.9 Å². The number of halogens is 2. The summed E-state index contributed by atoms with van der Waals surface area (Å²) in [5, 5.41) is 7.85. The van der Waals surface area contributed by atoms with Crippen molar-refractivity contribution in [2.75, 3.05) is 0 Å². The quantitative estimate of drug-likeness (QED) is 0.906. The Morgan fingerprint density at radius 2 is 2.20 bits per heavy atom. The fourth-order valence-corrected chi connectivity index (χ4v) is 2.50. The maximum Gasteiger partial charge on any atom is 0.129 e. The molecule has 0 unspecified atom stereocenters. The molecule has 0 atom stereocenters. The van der Waals surface area contributed by atoms with Crippen LogP contribution < -0.4 is 5.32 Å². The first-order valence-corrected chi connectivity index (χ1v) is 7.61. The van der Waals surface area contributed by atoms with Crippen LogP contribution in [-0.2, 0) is 13.1 Å². The number of hydrogen-bond acceptors (Lipinski definition) is 2. The van der Waals surface area contributed by atoms with Crippen molar-refractivity contribution < 1.29 is 4.39 Å². The average Bonchev–Trinajstić information content (AvgIpc) is 3.17. The van der Waals surface area contributed by atoms with Gasteiger partial charge in [0.15, 0.2) is 0 Å². The fraction of sp³-hybridized carbons (Fsp3) is 0.400. The van der Waals surface area contributed by atoms with Crippen LogP contribution in [-0.4, -0.2) is 15.8 Å². The van der Waals surface area contributed by atoms with E-state index in [4.69, 9.17) is 0 Å². The van der Waals surface area contributed by atoms with Gasteiger partial charge in [0.25, 0.3) is 0 Å². The van der Waals surface area contributed by atoms with Gasteiger partial charge >= 0.3 is 0 Å². The first-order valence-electron chi connectivity index (χ1n) is 6.82. The van der Waals surface area contributed by atoms with Gasteiger partial charge in [-0.15, -0.1) is 0 Å². The van der Waals surface area contributed by atoms with Gasteiger partial charge in [-0.2, -0.15) is 5.10 Å². The SMILES string of the molecule is Cc1c(CNC2CC2)cnn1Cc1ccc(Br)cc1F. The Balaban J connectivity index is 1.73. The zero-order chi connectivity index (χ0) is 14.1. The van der Waals surface area contributed by atoms with E-state index in [9.17, 15) is 4.39 Å². The summed E-state index contributed by atoms with van der Waals surface area (Å²) in [7, 11) is 0. The zero-order valence-corrected chi connectivity index (χ0v) is 13.0. The molecule has 0 aliphatic heterocycles. The molecule has 0 spiro atoms. The first kappa shape index (κ1) is 13.8. The van der Waals surface area contributed by atoms with E-state index in [1.807, 2.05) is 23.9 Å². The molecular weight excluding hydrogens is 321 g/mol. The van der Waals surface area contributed by atoms with E-state index in [-0.39, 0.29) is 5.82 Å². The molecule has 1 saturated carbocycles. The first-order chi connectivity index (χ1) is 9.63. The van der Waals surface area contributed by atoms with Crippen LogP contribution in [0.15, 0.2) is 28.9 Å². The van der Waals surface area contributed by atoms with Gasteiger partial charge in [0, 0.05) is 33.9 Å². The summed E-state index contributed by atoms with van der Waals surface area (Å²) in [6.45, 7) is 3.35. The number of aromatic nitrogens is 2. The second-order valence-electron chi connectivity index (χ2n) is 5.30. The highest BCUT2D eigenvalue weighted by molar-refractivity contribution is 9.10. The largest absolute Gasteiger partial charge is 0.310 e. The van der Waals surface area contributed by atoms with Crippen LogP contribution in [0.3, 0.4) is 0 Å². The third kappa shape index (κ3) is 3.10. The number of hydrogen-bond donors (Lipinski definition) is 1. The molecule has 1 fully saturated rings. The normalized spacial score (nSPS) is 14.8. The van der Waals surface area contributed by atoms with Crippen LogP contribution >= 0.6 is 15.9 Å². The van der Waals surface area contributed by atoms with Gasteiger partial charge in [-0.3, -0.25) is 4.68 Å². The number of benzene rings is 1. The van der Waals surface area contributed by atoms with E-state index in [0.29, 0.717) is 18.2 Å². The summed E-state index contributed by atoms with van der Waals surface area (Å²) in [5.41, 5.74) is 2.94. The Labute approximate surface area is 126 Å². The van der Waals surface area contributed by atoms with Crippen molar-refractivity contribution in [2.45, 2.75) is 38.9 Å². The van der Waals surface area contributed by atoms with Crippen LogP contribution in [0.4, 0.5) is 4.39 Å². The summed E-state index contributed by atoms with van der Waals surface area (Å²) < 4.78 is 16.5. The van der Waals surface area contributed by atoms with Crippen molar-refractivity contribution in [3.63, 3.8) is 0 Å². The molecule has 0 radical (unpaired) electrons. The molecule has 0 amide bonds. The predicted octanol–water partition coefficient (Wildman–Crippen LogP) is 3.39. The molecule has 106 valence electrons. The van der Waals surface area contributed by atoms with Gasteiger partial charge in [-0.05, 0) is 31.9 Å². The van der Waals surface area contributed by atoms with Crippen LogP contribution in [0.25, 0.3) is 0 Å². The molecule has 0 bridgehead atoms. The summed E-state index contributed by atoms with van der Waals surface area (Å²) in [6.07, 6.45) is 4.43. The molecule has 1 aromatic carbocycles. The Morgan fingerprint density at radius 3 is 2.90 bits per heavy atom. The minimum atomic E-state index is -0.202. The standard InChI is InChI=1S/C15H17BrFN3/c1-10-12(7-18-14-4-5-14)8-19-20(10)9-11-2-3-13(16)6-15(11)17/h2-3,6,8,14,18H,4-5,7,9H2,1H3. The molecule has 1 aliphatic carbocycles. The van der Waals surface area contributed by atoms with Gasteiger partial charge in [0.2, 0.25) is 0 Å².